The molecule has 0 fully saturated rings. The Kier molecular flexibility index (Phi) is 3.17. The van der Waals surface area contributed by atoms with Crippen molar-refractivity contribution >= 4 is 5.78 Å². The van der Waals surface area contributed by atoms with Gasteiger partial charge in [0, 0.05) is 5.56 Å². The van der Waals surface area contributed by atoms with Crippen LogP contribution in [0.4, 0.5) is 0 Å². The molecule has 0 saturated heterocycles. The molecule has 0 saturated carbocycles. The number of benzene rings is 1. The summed E-state index contributed by atoms with van der Waals surface area (Å²) < 4.78 is 0. The van der Waals surface area contributed by atoms with Gasteiger partial charge >= 0.3 is 0 Å². The highest BCUT2D eigenvalue weighted by atomic mass is 16.3. The summed E-state index contributed by atoms with van der Waals surface area (Å²) in [5.74, 6) is -0.00922. The fraction of sp³-hybridized carbons (Fsp3) is 0.300. The minimum absolute atomic E-state index is 0.00922. The summed E-state index contributed by atoms with van der Waals surface area (Å²) in [4.78, 5) is 10.9. The molecule has 0 aliphatic rings. The zero-order valence-corrected chi connectivity index (χ0v) is 7.40. The van der Waals surface area contributed by atoms with Gasteiger partial charge in [-0.3, -0.25) is 4.79 Å². The molecule has 3 nitrogen and oxygen atoms in total. The van der Waals surface area contributed by atoms with E-state index in [9.17, 15) is 9.90 Å². The molecule has 0 aromatic heterocycles. The number of hydrogen-bond acceptors (Lipinski definition) is 3. The molecule has 0 spiro atoms. The van der Waals surface area contributed by atoms with Gasteiger partial charge in [0.2, 0.25) is 0 Å². The van der Waals surface area contributed by atoms with Gasteiger partial charge in [0.1, 0.15) is 6.10 Å². The van der Waals surface area contributed by atoms with Gasteiger partial charge in [-0.15, -0.1) is 0 Å². The predicted octanol–water partition coefficient (Wildman–Crippen LogP) is 0.915. The van der Waals surface area contributed by atoms with Gasteiger partial charge < -0.3 is 10.2 Å². The summed E-state index contributed by atoms with van der Waals surface area (Å²) in [7, 11) is 0. The molecule has 0 radical (unpaired) electrons. The third-order valence-corrected chi connectivity index (χ3v) is 1.87. The fourth-order valence-electron chi connectivity index (χ4n) is 1.05. The smallest absolute Gasteiger partial charge is 0.159 e. The third kappa shape index (κ3) is 2.37. The second-order valence-corrected chi connectivity index (χ2v) is 2.88. The number of Topliss-reactive ketones (excluding diaryl/α,β-unsaturated/α-hetero) is 1. The summed E-state index contributed by atoms with van der Waals surface area (Å²) in [5.41, 5.74) is 1.22. The third-order valence-electron chi connectivity index (χ3n) is 1.87. The SMILES string of the molecule is CC(=O)c1ccc([C@@H](O)CO)cc1. The highest BCUT2D eigenvalue weighted by Crippen LogP contribution is 2.13. The molecule has 1 aromatic rings. The lowest BCUT2D eigenvalue weighted by molar-refractivity contribution is 0.0954. The van der Waals surface area contributed by atoms with Crippen molar-refractivity contribution in [3.63, 3.8) is 0 Å². The number of aliphatic hydroxyl groups excluding tert-OH is 2. The van der Waals surface area contributed by atoms with Crippen LogP contribution in [0, 0.1) is 0 Å². The summed E-state index contributed by atoms with van der Waals surface area (Å²) in [6.07, 6.45) is -0.860. The van der Waals surface area contributed by atoms with Gasteiger partial charge in [0.15, 0.2) is 5.78 Å². The molecule has 0 unspecified atom stereocenters. The molecule has 0 aliphatic heterocycles. The molecule has 1 rings (SSSR count). The first kappa shape index (κ1) is 9.89. The maximum Gasteiger partial charge on any atom is 0.159 e. The van der Waals surface area contributed by atoms with Crippen LogP contribution < -0.4 is 0 Å². The monoisotopic (exact) mass is 180 g/mol. The predicted molar refractivity (Wildman–Crippen MR) is 48.5 cm³/mol. The number of carbonyl (C=O) groups is 1. The molecule has 0 aliphatic carbocycles. The van der Waals surface area contributed by atoms with Crippen LogP contribution in [0.3, 0.4) is 0 Å². The zero-order valence-electron chi connectivity index (χ0n) is 7.40. The largest absolute Gasteiger partial charge is 0.393 e. The summed E-state index contributed by atoms with van der Waals surface area (Å²) in [6, 6.07) is 6.54. The molecule has 0 amide bonds. The van der Waals surface area contributed by atoms with E-state index < -0.39 is 6.10 Å². The average molecular weight is 180 g/mol. The van der Waals surface area contributed by atoms with E-state index in [1.54, 1.807) is 24.3 Å². The summed E-state index contributed by atoms with van der Waals surface area (Å²) in [6.45, 7) is 1.18. The van der Waals surface area contributed by atoms with Crippen LogP contribution in [-0.4, -0.2) is 22.6 Å². The van der Waals surface area contributed by atoms with Crippen LogP contribution in [-0.2, 0) is 0 Å². The van der Waals surface area contributed by atoms with Gasteiger partial charge in [-0.25, -0.2) is 0 Å². The summed E-state index contributed by atoms with van der Waals surface area (Å²) >= 11 is 0. The second kappa shape index (κ2) is 4.16. The average Bonchev–Trinajstić information content (AvgIpc) is 2.17. The standard InChI is InChI=1S/C10H12O3/c1-7(12)8-2-4-9(5-3-8)10(13)6-11/h2-5,10-11,13H,6H2,1H3/t10-/m0/s1. The van der Waals surface area contributed by atoms with E-state index in [1.807, 2.05) is 0 Å². The lowest BCUT2D eigenvalue weighted by atomic mass is 10.1. The van der Waals surface area contributed by atoms with E-state index in [4.69, 9.17) is 5.11 Å². The topological polar surface area (TPSA) is 57.5 Å². The van der Waals surface area contributed by atoms with E-state index in [1.165, 1.54) is 6.92 Å². The van der Waals surface area contributed by atoms with Crippen molar-refractivity contribution in [3.05, 3.63) is 35.4 Å². The Morgan fingerprint density at radius 2 is 1.92 bits per heavy atom. The van der Waals surface area contributed by atoms with Crippen molar-refractivity contribution in [1.82, 2.24) is 0 Å². The molecular weight excluding hydrogens is 168 g/mol. The first-order valence-corrected chi connectivity index (χ1v) is 4.05. The van der Waals surface area contributed by atoms with E-state index >= 15 is 0 Å². The zero-order chi connectivity index (χ0) is 9.84. The molecular formula is C10H12O3. The lowest BCUT2D eigenvalue weighted by Gasteiger charge is -2.06. The van der Waals surface area contributed by atoms with Gasteiger partial charge in [0.25, 0.3) is 0 Å². The molecule has 1 aromatic carbocycles. The van der Waals surface area contributed by atoms with Crippen LogP contribution in [0.1, 0.15) is 28.9 Å². The number of carbonyl (C=O) groups excluding carboxylic acids is 1. The fourth-order valence-corrected chi connectivity index (χ4v) is 1.05. The van der Waals surface area contributed by atoms with Gasteiger partial charge in [-0.1, -0.05) is 24.3 Å². The Morgan fingerprint density at radius 3 is 2.31 bits per heavy atom. The normalized spacial score (nSPS) is 12.5. The molecule has 0 heterocycles. The number of hydrogen-bond donors (Lipinski definition) is 2. The molecule has 0 bridgehead atoms. The molecule has 1 atom stereocenters. The second-order valence-electron chi connectivity index (χ2n) is 2.88. The Bertz CT molecular complexity index is 290. The highest BCUT2D eigenvalue weighted by molar-refractivity contribution is 5.94. The minimum atomic E-state index is -0.860. The number of ketones is 1. The Labute approximate surface area is 76.6 Å². The van der Waals surface area contributed by atoms with Crippen LogP contribution in [0.15, 0.2) is 24.3 Å². The first-order valence-electron chi connectivity index (χ1n) is 4.05. The van der Waals surface area contributed by atoms with Gasteiger partial charge in [0.05, 0.1) is 6.61 Å². The number of aliphatic hydroxyl groups is 2. The first-order chi connectivity index (χ1) is 6.15. The van der Waals surface area contributed by atoms with E-state index in [2.05, 4.69) is 0 Å². The molecule has 2 N–H and O–H groups in total. The van der Waals surface area contributed by atoms with Crippen molar-refractivity contribution in [3.8, 4) is 0 Å². The van der Waals surface area contributed by atoms with Crippen LogP contribution >= 0.6 is 0 Å². The Hall–Kier alpha value is -1.19. The van der Waals surface area contributed by atoms with Gasteiger partial charge in [-0.05, 0) is 12.5 Å². The van der Waals surface area contributed by atoms with Crippen LogP contribution in [0.25, 0.3) is 0 Å². The maximum atomic E-state index is 10.9. The molecule has 70 valence electrons. The van der Waals surface area contributed by atoms with Crippen molar-refractivity contribution in [1.29, 1.82) is 0 Å². The molecule has 3 heteroatoms. The molecule has 13 heavy (non-hydrogen) atoms. The van der Waals surface area contributed by atoms with Crippen molar-refractivity contribution < 1.29 is 15.0 Å². The van der Waals surface area contributed by atoms with Crippen molar-refractivity contribution in [2.45, 2.75) is 13.0 Å². The van der Waals surface area contributed by atoms with E-state index in [0.29, 0.717) is 11.1 Å². The lowest BCUT2D eigenvalue weighted by Crippen LogP contribution is -2.02. The maximum absolute atomic E-state index is 10.9. The van der Waals surface area contributed by atoms with E-state index in [0.717, 1.165) is 0 Å². The Morgan fingerprint density at radius 1 is 1.38 bits per heavy atom. The number of rotatable bonds is 3. The van der Waals surface area contributed by atoms with Crippen LogP contribution in [0.2, 0.25) is 0 Å². The highest BCUT2D eigenvalue weighted by Gasteiger charge is 2.05. The van der Waals surface area contributed by atoms with Gasteiger partial charge in [-0.2, -0.15) is 0 Å². The minimum Gasteiger partial charge on any atom is -0.393 e. The summed E-state index contributed by atoms with van der Waals surface area (Å²) in [5, 5.41) is 17.9. The Balaban J connectivity index is 2.87. The van der Waals surface area contributed by atoms with Crippen LogP contribution in [0.5, 0.6) is 0 Å². The van der Waals surface area contributed by atoms with E-state index in [-0.39, 0.29) is 12.4 Å². The quantitative estimate of drug-likeness (QED) is 0.680. The van der Waals surface area contributed by atoms with Crippen molar-refractivity contribution in [2.75, 3.05) is 6.61 Å². The van der Waals surface area contributed by atoms with Crippen molar-refractivity contribution in [2.24, 2.45) is 0 Å².